The number of carboxylic acid groups (broad SMARTS) is 1. The molecule has 1 atom stereocenters. The maximum atomic E-state index is 11.7. The van der Waals surface area contributed by atoms with E-state index in [1.54, 1.807) is 11.1 Å². The van der Waals surface area contributed by atoms with E-state index in [4.69, 9.17) is 0 Å². The minimum absolute atomic E-state index is 0.0294. The van der Waals surface area contributed by atoms with Crippen molar-refractivity contribution in [3.63, 3.8) is 0 Å². The van der Waals surface area contributed by atoms with E-state index in [0.717, 1.165) is 11.3 Å². The summed E-state index contributed by atoms with van der Waals surface area (Å²) in [6.45, 7) is 7.12. The monoisotopic (exact) mass is 331 g/mol. The van der Waals surface area contributed by atoms with Crippen molar-refractivity contribution >= 4 is 5.97 Å². The van der Waals surface area contributed by atoms with Gasteiger partial charge in [0.05, 0.1) is 13.1 Å². The second kappa shape index (κ2) is 5.86. The molecule has 0 radical (unpaired) electrons. The Bertz CT molecular complexity index is 800. The van der Waals surface area contributed by atoms with Crippen LogP contribution in [0, 0.1) is 0 Å². The van der Waals surface area contributed by atoms with Gasteiger partial charge in [0.25, 0.3) is 0 Å². The number of H-pyrrole nitrogens is 1. The molecule has 0 saturated carbocycles. The molecule has 24 heavy (non-hydrogen) atoms. The maximum absolute atomic E-state index is 11.7. The van der Waals surface area contributed by atoms with Crippen LogP contribution in [0.3, 0.4) is 0 Å². The number of pyridine rings is 1. The standard InChI is InChI=1S/C16H21N5O3/c1-16(2,3)12-5-4-10(6-17-12)7-20-9-13-18-19-15(24)21(13)8-11(20)14(22)23/h4-6,11H,7-9H2,1-3H3,(H,19,24)(H,22,23). The second-order valence-electron chi connectivity index (χ2n) is 7.12. The fraction of sp³-hybridized carbons (Fsp3) is 0.500. The number of nitrogens with one attached hydrogen (secondary N) is 1. The first-order valence-electron chi connectivity index (χ1n) is 7.82. The molecule has 1 aliphatic heterocycles. The average Bonchev–Trinajstić information content (AvgIpc) is 2.86. The smallest absolute Gasteiger partial charge is 0.343 e. The van der Waals surface area contributed by atoms with Crippen LogP contribution in [0.15, 0.2) is 23.1 Å². The molecule has 1 unspecified atom stereocenters. The summed E-state index contributed by atoms with van der Waals surface area (Å²) in [6, 6.07) is 3.17. The molecule has 2 aromatic rings. The van der Waals surface area contributed by atoms with E-state index in [9.17, 15) is 14.7 Å². The molecule has 0 fully saturated rings. The highest BCUT2D eigenvalue weighted by molar-refractivity contribution is 5.73. The largest absolute Gasteiger partial charge is 0.480 e. The van der Waals surface area contributed by atoms with Crippen LogP contribution in [0.25, 0.3) is 0 Å². The molecule has 3 rings (SSSR count). The normalized spacial score (nSPS) is 18.4. The van der Waals surface area contributed by atoms with Gasteiger partial charge in [-0.25, -0.2) is 9.89 Å². The first-order chi connectivity index (χ1) is 11.3. The van der Waals surface area contributed by atoms with Crippen molar-refractivity contribution in [2.75, 3.05) is 0 Å². The molecule has 0 saturated heterocycles. The van der Waals surface area contributed by atoms with Crippen LogP contribution in [0.4, 0.5) is 0 Å². The summed E-state index contributed by atoms with van der Waals surface area (Å²) in [6.07, 6.45) is 1.78. The van der Waals surface area contributed by atoms with Crippen LogP contribution in [-0.2, 0) is 29.8 Å². The highest BCUT2D eigenvalue weighted by Gasteiger charge is 2.33. The van der Waals surface area contributed by atoms with Crippen LogP contribution >= 0.6 is 0 Å². The molecule has 0 bridgehead atoms. The lowest BCUT2D eigenvalue weighted by atomic mass is 9.91. The van der Waals surface area contributed by atoms with Gasteiger partial charge in [0.2, 0.25) is 0 Å². The number of aliphatic carboxylic acids is 1. The molecule has 8 heteroatoms. The Kier molecular flexibility index (Phi) is 4.00. The number of aromatic nitrogens is 4. The van der Waals surface area contributed by atoms with Gasteiger partial charge in [0.15, 0.2) is 0 Å². The van der Waals surface area contributed by atoms with Gasteiger partial charge in [-0.2, -0.15) is 5.10 Å². The molecule has 0 aromatic carbocycles. The summed E-state index contributed by atoms with van der Waals surface area (Å²) in [5, 5.41) is 15.8. The number of rotatable bonds is 3. The summed E-state index contributed by atoms with van der Waals surface area (Å²) in [5.41, 5.74) is 1.52. The van der Waals surface area contributed by atoms with Gasteiger partial charge in [0.1, 0.15) is 11.9 Å². The molecule has 128 valence electrons. The molecular weight excluding hydrogens is 310 g/mol. The number of aromatic amines is 1. The Morgan fingerprint density at radius 3 is 2.75 bits per heavy atom. The number of carbonyl (C=O) groups is 1. The summed E-state index contributed by atoms with van der Waals surface area (Å²) in [5.74, 6) is -0.398. The molecule has 2 N–H and O–H groups in total. The number of fused-ring (bicyclic) bond motifs is 1. The van der Waals surface area contributed by atoms with E-state index in [-0.39, 0.29) is 17.6 Å². The Morgan fingerprint density at radius 2 is 2.17 bits per heavy atom. The lowest BCUT2D eigenvalue weighted by Crippen LogP contribution is -2.49. The van der Waals surface area contributed by atoms with Crippen molar-refractivity contribution in [3.8, 4) is 0 Å². The van der Waals surface area contributed by atoms with Gasteiger partial charge in [-0.15, -0.1) is 0 Å². The molecule has 0 amide bonds. The van der Waals surface area contributed by atoms with Crippen LogP contribution in [0.5, 0.6) is 0 Å². The molecule has 3 heterocycles. The SMILES string of the molecule is CC(C)(C)c1ccc(CN2Cc3n[nH]c(=O)n3CC2C(=O)O)cn1. The van der Waals surface area contributed by atoms with Crippen molar-refractivity contribution in [2.24, 2.45) is 0 Å². The van der Waals surface area contributed by atoms with E-state index in [2.05, 4.69) is 36.0 Å². The zero-order valence-electron chi connectivity index (χ0n) is 14.0. The van der Waals surface area contributed by atoms with Crippen LogP contribution in [0.2, 0.25) is 0 Å². The minimum Gasteiger partial charge on any atom is -0.480 e. The maximum Gasteiger partial charge on any atom is 0.343 e. The van der Waals surface area contributed by atoms with E-state index < -0.39 is 12.0 Å². The Labute approximate surface area is 139 Å². The van der Waals surface area contributed by atoms with Gasteiger partial charge in [-0.1, -0.05) is 26.8 Å². The van der Waals surface area contributed by atoms with Gasteiger partial charge < -0.3 is 5.11 Å². The summed E-state index contributed by atoms with van der Waals surface area (Å²) in [7, 11) is 0. The van der Waals surface area contributed by atoms with Crippen molar-refractivity contribution in [1.29, 1.82) is 0 Å². The summed E-state index contributed by atoms with van der Waals surface area (Å²) >= 11 is 0. The third kappa shape index (κ3) is 3.09. The third-order valence-corrected chi connectivity index (χ3v) is 4.24. The first kappa shape index (κ1) is 16.4. The van der Waals surface area contributed by atoms with Crippen LogP contribution in [0.1, 0.15) is 37.9 Å². The molecule has 1 aliphatic rings. The quantitative estimate of drug-likeness (QED) is 0.859. The van der Waals surface area contributed by atoms with Gasteiger partial charge in [0, 0.05) is 23.9 Å². The van der Waals surface area contributed by atoms with Crippen molar-refractivity contribution in [2.45, 2.75) is 51.9 Å². The van der Waals surface area contributed by atoms with E-state index in [1.165, 1.54) is 4.57 Å². The second-order valence-corrected chi connectivity index (χ2v) is 7.12. The molecule has 0 spiro atoms. The lowest BCUT2D eigenvalue weighted by Gasteiger charge is -2.32. The Hall–Kier alpha value is -2.48. The third-order valence-electron chi connectivity index (χ3n) is 4.24. The average molecular weight is 331 g/mol. The highest BCUT2D eigenvalue weighted by atomic mass is 16.4. The van der Waals surface area contributed by atoms with Gasteiger partial charge in [-0.3, -0.25) is 19.2 Å². The highest BCUT2D eigenvalue weighted by Crippen LogP contribution is 2.21. The summed E-state index contributed by atoms with van der Waals surface area (Å²) in [4.78, 5) is 29.5. The minimum atomic E-state index is -0.951. The van der Waals surface area contributed by atoms with Gasteiger partial charge >= 0.3 is 11.7 Å². The topological polar surface area (TPSA) is 104 Å². The number of hydrogen-bond donors (Lipinski definition) is 2. The number of nitrogens with zero attached hydrogens (tertiary/aromatic N) is 4. The Balaban J connectivity index is 1.83. The molecule has 0 aliphatic carbocycles. The lowest BCUT2D eigenvalue weighted by molar-refractivity contribution is -0.145. The van der Waals surface area contributed by atoms with E-state index in [0.29, 0.717) is 18.9 Å². The predicted molar refractivity (Wildman–Crippen MR) is 86.5 cm³/mol. The first-order valence-corrected chi connectivity index (χ1v) is 7.82. The van der Waals surface area contributed by atoms with Crippen LogP contribution in [-0.4, -0.2) is 41.8 Å². The molecule has 8 nitrogen and oxygen atoms in total. The van der Waals surface area contributed by atoms with E-state index >= 15 is 0 Å². The predicted octanol–water partition coefficient (Wildman–Crippen LogP) is 0.733. The van der Waals surface area contributed by atoms with Crippen molar-refractivity contribution < 1.29 is 9.90 Å². The van der Waals surface area contributed by atoms with Crippen molar-refractivity contribution in [3.05, 3.63) is 45.9 Å². The Morgan fingerprint density at radius 1 is 1.42 bits per heavy atom. The van der Waals surface area contributed by atoms with Crippen LogP contribution < -0.4 is 5.69 Å². The van der Waals surface area contributed by atoms with Crippen molar-refractivity contribution in [1.82, 2.24) is 24.6 Å². The number of hydrogen-bond acceptors (Lipinski definition) is 5. The fourth-order valence-electron chi connectivity index (χ4n) is 2.84. The molecule has 2 aromatic heterocycles. The number of carboxylic acids is 1. The van der Waals surface area contributed by atoms with Gasteiger partial charge in [-0.05, 0) is 11.6 Å². The fourth-order valence-corrected chi connectivity index (χ4v) is 2.84. The van der Waals surface area contributed by atoms with E-state index in [1.807, 2.05) is 12.1 Å². The zero-order chi connectivity index (χ0) is 17.5. The molecular formula is C16H21N5O3. The zero-order valence-corrected chi connectivity index (χ0v) is 14.0. The summed E-state index contributed by atoms with van der Waals surface area (Å²) < 4.78 is 1.39.